The Morgan fingerprint density at radius 3 is 2.63 bits per heavy atom. The Morgan fingerprint density at radius 2 is 1.85 bits per heavy atom. The van der Waals surface area contributed by atoms with Crippen molar-refractivity contribution in [2.45, 2.75) is 19.8 Å². The van der Waals surface area contributed by atoms with Crippen molar-refractivity contribution in [3.05, 3.63) is 83.8 Å². The second kappa shape index (κ2) is 8.94. The van der Waals surface area contributed by atoms with Gasteiger partial charge in [0.25, 0.3) is 5.91 Å². The fourth-order valence-electron chi connectivity index (χ4n) is 2.87. The Morgan fingerprint density at radius 1 is 1.07 bits per heavy atom. The largest absolute Gasteiger partial charge is 0.359 e. The summed E-state index contributed by atoms with van der Waals surface area (Å²) in [6, 6.07) is 15.5. The first-order valence-electron chi connectivity index (χ1n) is 9.12. The minimum Gasteiger partial charge on any atom is -0.359 e. The molecule has 3 aromatic rings. The van der Waals surface area contributed by atoms with E-state index in [9.17, 15) is 4.79 Å². The van der Waals surface area contributed by atoms with E-state index < -0.39 is 0 Å². The van der Waals surface area contributed by atoms with E-state index in [4.69, 9.17) is 0 Å². The summed E-state index contributed by atoms with van der Waals surface area (Å²) in [4.78, 5) is 23.2. The number of nitrogens with zero attached hydrogens (tertiary/aromatic N) is 3. The smallest absolute Gasteiger partial charge is 0.255 e. The molecule has 5 heteroatoms. The molecule has 1 amide bonds. The van der Waals surface area contributed by atoms with Crippen LogP contribution in [0.15, 0.2) is 67.1 Å². The van der Waals surface area contributed by atoms with Crippen molar-refractivity contribution in [3.8, 4) is 0 Å². The Kier molecular flexibility index (Phi) is 6.15. The third-order valence-corrected chi connectivity index (χ3v) is 4.53. The minimum atomic E-state index is -0.123. The maximum absolute atomic E-state index is 12.7. The molecule has 0 aliphatic carbocycles. The molecule has 0 aliphatic rings. The molecule has 1 aromatic carbocycles. The van der Waals surface area contributed by atoms with Crippen LogP contribution in [0.1, 0.15) is 28.4 Å². The summed E-state index contributed by atoms with van der Waals surface area (Å²) in [6.07, 6.45) is 7.04. The Hall–Kier alpha value is -3.21. The molecule has 27 heavy (non-hydrogen) atoms. The molecule has 0 fully saturated rings. The van der Waals surface area contributed by atoms with Crippen LogP contribution in [0.3, 0.4) is 0 Å². The minimum absolute atomic E-state index is 0.123. The fraction of sp³-hybridized carbons (Fsp3) is 0.227. The Balaban J connectivity index is 1.68. The van der Waals surface area contributed by atoms with Gasteiger partial charge in [0.2, 0.25) is 0 Å². The number of nitrogens with one attached hydrogen (secondary N) is 1. The van der Waals surface area contributed by atoms with E-state index in [0.717, 1.165) is 36.5 Å². The molecule has 0 unspecified atom stereocenters. The van der Waals surface area contributed by atoms with Crippen LogP contribution in [-0.2, 0) is 12.8 Å². The van der Waals surface area contributed by atoms with Gasteiger partial charge in [-0.1, -0.05) is 25.1 Å². The van der Waals surface area contributed by atoms with Gasteiger partial charge in [0.1, 0.15) is 5.82 Å². The Labute approximate surface area is 160 Å². The summed E-state index contributed by atoms with van der Waals surface area (Å²) < 4.78 is 0. The molecule has 0 spiro atoms. The molecule has 5 nitrogen and oxygen atoms in total. The predicted molar refractivity (Wildman–Crippen MR) is 109 cm³/mol. The SMILES string of the molecule is CCc1ccccc1NC(=O)c1ccnc(N(C)CCc2ccncc2)c1. The lowest BCUT2D eigenvalue weighted by atomic mass is 10.1. The topological polar surface area (TPSA) is 58.1 Å². The first kappa shape index (κ1) is 18.6. The van der Waals surface area contributed by atoms with Gasteiger partial charge in [0.15, 0.2) is 0 Å². The highest BCUT2D eigenvalue weighted by atomic mass is 16.1. The zero-order valence-corrected chi connectivity index (χ0v) is 15.7. The van der Waals surface area contributed by atoms with Crippen molar-refractivity contribution in [3.63, 3.8) is 0 Å². The van der Waals surface area contributed by atoms with Crippen LogP contribution in [0.4, 0.5) is 11.5 Å². The highest BCUT2D eigenvalue weighted by Crippen LogP contribution is 2.18. The van der Waals surface area contributed by atoms with E-state index in [-0.39, 0.29) is 5.91 Å². The van der Waals surface area contributed by atoms with Crippen molar-refractivity contribution >= 4 is 17.4 Å². The predicted octanol–water partition coefficient (Wildman–Crippen LogP) is 3.97. The number of anilines is 2. The number of hydrogen-bond donors (Lipinski definition) is 1. The molecular formula is C22H24N4O. The average molecular weight is 360 g/mol. The molecule has 0 radical (unpaired) electrons. The third kappa shape index (κ3) is 4.91. The van der Waals surface area contributed by atoms with Crippen LogP contribution in [0, 0.1) is 0 Å². The first-order chi connectivity index (χ1) is 13.2. The number of benzene rings is 1. The molecule has 2 heterocycles. The molecule has 2 aromatic heterocycles. The Bertz CT molecular complexity index is 896. The number of carbonyl (C=O) groups is 1. The summed E-state index contributed by atoms with van der Waals surface area (Å²) in [5.41, 5.74) is 3.80. The number of amides is 1. The molecule has 0 aliphatic heterocycles. The van der Waals surface area contributed by atoms with E-state index in [0.29, 0.717) is 5.56 Å². The fourth-order valence-corrected chi connectivity index (χ4v) is 2.87. The van der Waals surface area contributed by atoms with Gasteiger partial charge in [-0.3, -0.25) is 9.78 Å². The van der Waals surface area contributed by atoms with Crippen LogP contribution in [0.2, 0.25) is 0 Å². The van der Waals surface area contributed by atoms with Gasteiger partial charge in [-0.2, -0.15) is 0 Å². The van der Waals surface area contributed by atoms with Gasteiger partial charge in [-0.25, -0.2) is 4.98 Å². The normalized spacial score (nSPS) is 10.4. The third-order valence-electron chi connectivity index (χ3n) is 4.53. The van der Waals surface area contributed by atoms with Crippen molar-refractivity contribution in [2.24, 2.45) is 0 Å². The maximum atomic E-state index is 12.7. The van der Waals surface area contributed by atoms with E-state index >= 15 is 0 Å². The maximum Gasteiger partial charge on any atom is 0.255 e. The number of aryl methyl sites for hydroxylation is 1. The van der Waals surface area contributed by atoms with Gasteiger partial charge in [0.05, 0.1) is 0 Å². The van der Waals surface area contributed by atoms with Gasteiger partial charge in [0, 0.05) is 43.4 Å². The molecule has 0 bridgehead atoms. The van der Waals surface area contributed by atoms with Crippen LogP contribution < -0.4 is 10.2 Å². The molecule has 138 valence electrons. The average Bonchev–Trinajstić information content (AvgIpc) is 2.73. The lowest BCUT2D eigenvalue weighted by Gasteiger charge is -2.19. The molecule has 3 rings (SSSR count). The summed E-state index contributed by atoms with van der Waals surface area (Å²) in [5, 5.41) is 3.01. The lowest BCUT2D eigenvalue weighted by Crippen LogP contribution is -2.22. The van der Waals surface area contributed by atoms with Crippen LogP contribution in [-0.4, -0.2) is 29.5 Å². The van der Waals surface area contributed by atoms with Gasteiger partial charge < -0.3 is 10.2 Å². The quantitative estimate of drug-likeness (QED) is 0.693. The monoisotopic (exact) mass is 360 g/mol. The van der Waals surface area contributed by atoms with Gasteiger partial charge in [-0.05, 0) is 54.3 Å². The summed E-state index contributed by atoms with van der Waals surface area (Å²) in [6.45, 7) is 2.88. The van der Waals surface area contributed by atoms with E-state index in [1.54, 1.807) is 24.7 Å². The summed E-state index contributed by atoms with van der Waals surface area (Å²) in [5.74, 6) is 0.655. The highest BCUT2D eigenvalue weighted by Gasteiger charge is 2.11. The van der Waals surface area contributed by atoms with E-state index in [1.165, 1.54) is 5.56 Å². The number of likely N-dealkylation sites (N-methyl/N-ethyl adjacent to an activating group) is 1. The van der Waals surface area contributed by atoms with Gasteiger partial charge in [-0.15, -0.1) is 0 Å². The highest BCUT2D eigenvalue weighted by molar-refractivity contribution is 6.05. The zero-order chi connectivity index (χ0) is 19.1. The summed E-state index contributed by atoms with van der Waals surface area (Å²) >= 11 is 0. The second-order valence-corrected chi connectivity index (χ2v) is 6.39. The summed E-state index contributed by atoms with van der Waals surface area (Å²) in [7, 11) is 1.98. The van der Waals surface area contributed by atoms with E-state index in [2.05, 4.69) is 27.1 Å². The molecule has 0 saturated carbocycles. The number of carbonyl (C=O) groups excluding carboxylic acids is 1. The number of aromatic nitrogens is 2. The van der Waals surface area contributed by atoms with Crippen LogP contribution >= 0.6 is 0 Å². The molecule has 0 atom stereocenters. The molecule has 1 N–H and O–H groups in total. The van der Waals surface area contributed by atoms with E-state index in [1.807, 2.05) is 49.5 Å². The standard InChI is InChI=1S/C22H24N4O/c1-3-18-6-4-5-7-20(18)25-22(27)19-10-14-24-21(16-19)26(2)15-11-17-8-12-23-13-9-17/h4-10,12-14,16H,3,11,15H2,1-2H3,(H,25,27). The first-order valence-corrected chi connectivity index (χ1v) is 9.12. The second-order valence-electron chi connectivity index (χ2n) is 6.39. The van der Waals surface area contributed by atoms with Crippen molar-refractivity contribution < 1.29 is 4.79 Å². The van der Waals surface area contributed by atoms with Crippen LogP contribution in [0.5, 0.6) is 0 Å². The number of para-hydroxylation sites is 1. The van der Waals surface area contributed by atoms with Crippen molar-refractivity contribution in [1.29, 1.82) is 0 Å². The zero-order valence-electron chi connectivity index (χ0n) is 15.7. The molecular weight excluding hydrogens is 336 g/mol. The number of rotatable bonds is 7. The molecule has 0 saturated heterocycles. The van der Waals surface area contributed by atoms with Crippen molar-refractivity contribution in [1.82, 2.24) is 9.97 Å². The number of hydrogen-bond acceptors (Lipinski definition) is 4. The van der Waals surface area contributed by atoms with Crippen LogP contribution in [0.25, 0.3) is 0 Å². The lowest BCUT2D eigenvalue weighted by molar-refractivity contribution is 0.102. The van der Waals surface area contributed by atoms with Gasteiger partial charge >= 0.3 is 0 Å². The van der Waals surface area contributed by atoms with Crippen molar-refractivity contribution in [2.75, 3.05) is 23.8 Å². The number of pyridine rings is 2.